The number of fused-ring (bicyclic) bond motifs is 2. The summed E-state index contributed by atoms with van der Waals surface area (Å²) in [5.41, 5.74) is -27.6. The van der Waals surface area contributed by atoms with Crippen molar-refractivity contribution in [3.8, 4) is 0 Å². The summed E-state index contributed by atoms with van der Waals surface area (Å²) in [7, 11) is 0. The predicted octanol–water partition coefficient (Wildman–Crippen LogP) is 16.6. The number of hydrogen-bond acceptors (Lipinski definition) is 2. The first-order chi connectivity index (χ1) is 40.5. The molecule has 0 atom stereocenters. The minimum Gasteiger partial charge on any atom is -0.287 e. The maximum absolute atomic E-state index is 14.2. The van der Waals surface area contributed by atoms with Crippen LogP contribution in [0.1, 0.15) is 70.9 Å². The fraction of sp³-hybridized carbons (Fsp3) is 0.150. The van der Waals surface area contributed by atoms with E-state index in [2.05, 4.69) is 0 Å². The van der Waals surface area contributed by atoms with Crippen LogP contribution in [0.2, 0.25) is 0 Å². The fourth-order valence-electron chi connectivity index (χ4n) is 10.1. The van der Waals surface area contributed by atoms with Crippen molar-refractivity contribution in [2.45, 2.75) is 56.0 Å². The summed E-state index contributed by atoms with van der Waals surface area (Å²) in [5.74, 6) is -0.127. The molecule has 9 aromatic rings. The molecule has 9 rings (SSSR count). The molecule has 0 saturated heterocycles. The van der Waals surface area contributed by atoms with Gasteiger partial charge in [-0.3, -0.25) is 9.59 Å². The van der Waals surface area contributed by atoms with E-state index >= 15 is 0 Å². The lowest BCUT2D eigenvalue weighted by Gasteiger charge is -2.46. The second kappa shape index (κ2) is 23.0. The van der Waals surface area contributed by atoms with Gasteiger partial charge in [-0.25, -0.2) is 0 Å². The molecule has 88 heavy (non-hydrogen) atoms. The highest BCUT2D eigenvalue weighted by Gasteiger charge is 2.47. The van der Waals surface area contributed by atoms with E-state index in [0.29, 0.717) is 16.8 Å². The third-order valence-electron chi connectivity index (χ3n) is 14.0. The number of aromatic nitrogens is 1. The number of rotatable bonds is 9. The largest absolute Gasteiger partial charge is 0.416 e. The average molecular weight is 1270 g/mol. The number of alkyl halides is 24. The number of pyridine rings is 1. The van der Waals surface area contributed by atoms with E-state index in [1.807, 2.05) is 102 Å². The van der Waals surface area contributed by atoms with Gasteiger partial charge in [0, 0.05) is 28.6 Å². The lowest BCUT2D eigenvalue weighted by Crippen LogP contribution is -2.75. The van der Waals surface area contributed by atoms with Gasteiger partial charge in [0.15, 0.2) is 0 Å². The Bertz CT molecular complexity index is 3670. The smallest absolute Gasteiger partial charge is 0.287 e. The van der Waals surface area contributed by atoms with Gasteiger partial charge >= 0.3 is 49.4 Å². The lowest BCUT2D eigenvalue weighted by molar-refractivity contribution is -0.658. The van der Waals surface area contributed by atoms with E-state index in [1.165, 1.54) is 0 Å². The number of carbonyl (C=O) groups excluding carboxylic acids is 2. The summed E-state index contributed by atoms with van der Waals surface area (Å²) in [6.07, 6.45) is -54.8. The van der Waals surface area contributed by atoms with Gasteiger partial charge in [0.2, 0.25) is 17.8 Å². The van der Waals surface area contributed by atoms with Crippen LogP contribution in [0.25, 0.3) is 21.7 Å². The summed E-state index contributed by atoms with van der Waals surface area (Å²) >= 11 is 0. The molecule has 0 spiro atoms. The molecule has 0 saturated carbocycles. The van der Waals surface area contributed by atoms with Gasteiger partial charge in [-0.15, -0.1) is 0 Å². The van der Waals surface area contributed by atoms with Crippen LogP contribution in [-0.2, 0) is 56.0 Å². The number of halogens is 24. The van der Waals surface area contributed by atoms with Crippen molar-refractivity contribution in [1.82, 2.24) is 0 Å². The molecule has 0 N–H and O–H groups in total. The number of benzene rings is 8. The second-order valence-electron chi connectivity index (χ2n) is 19.7. The van der Waals surface area contributed by atoms with Gasteiger partial charge in [-0.05, 0) is 47.2 Å². The van der Waals surface area contributed by atoms with Crippen LogP contribution >= 0.6 is 0 Å². The zero-order chi connectivity index (χ0) is 65.1. The molecular weight excluding hydrogens is 1230 g/mol. The van der Waals surface area contributed by atoms with Crippen LogP contribution in [0.5, 0.6) is 0 Å². The maximum atomic E-state index is 14.2. The quantitative estimate of drug-likeness (QED) is 0.0625. The number of carbonyl (C=O) groups is 2. The van der Waals surface area contributed by atoms with Crippen molar-refractivity contribution >= 4 is 61.2 Å². The van der Waals surface area contributed by atoms with Crippen LogP contribution < -0.4 is 26.4 Å². The first-order valence-corrected chi connectivity index (χ1v) is 24.9. The fourth-order valence-corrected chi connectivity index (χ4v) is 10.1. The summed E-state index contributed by atoms with van der Waals surface area (Å²) in [4.78, 5) is 26.8. The zero-order valence-corrected chi connectivity index (χ0v) is 43.4. The Morgan fingerprint density at radius 1 is 0.318 bits per heavy atom. The Morgan fingerprint density at radius 3 is 0.977 bits per heavy atom. The zero-order valence-electron chi connectivity index (χ0n) is 43.4. The summed E-state index contributed by atoms with van der Waals surface area (Å²) in [6, 6.07) is 25.6. The van der Waals surface area contributed by atoms with E-state index < -0.39 is 195 Å². The van der Waals surface area contributed by atoms with Crippen molar-refractivity contribution in [3.63, 3.8) is 0 Å². The average Bonchev–Trinajstić information content (AvgIpc) is 0.733. The highest BCUT2D eigenvalue weighted by molar-refractivity contribution is 7.20. The predicted molar refractivity (Wildman–Crippen MR) is 272 cm³/mol. The van der Waals surface area contributed by atoms with Gasteiger partial charge in [0.1, 0.15) is 6.15 Å². The molecule has 1 heterocycles. The highest BCUT2D eigenvalue weighted by Crippen LogP contribution is 2.42. The van der Waals surface area contributed by atoms with E-state index in [4.69, 9.17) is 0 Å². The van der Waals surface area contributed by atoms with E-state index in [1.54, 1.807) is 12.1 Å². The SMILES string of the molecule is FC(F)(F)c1cc([B-](c2cc(C(F)(F)F)cc(C(F)(F)F)c2)(c2cc(C(F)(F)F)cc(C(F)(F)F)c2)c2cc(C(F)(F)F)cc(C(F)(F)F)c2)cc(C(F)(F)F)c1.O=C(C[n+]1c(C(=O)c2cccc3ccccc23)ccc2ccccc21)c1ccccc1. The molecule has 0 bridgehead atoms. The number of para-hydroxylation sites is 1. The Labute approximate surface area is 479 Å². The van der Waals surface area contributed by atoms with E-state index in [-0.39, 0.29) is 18.1 Å². The Kier molecular flexibility index (Phi) is 17.0. The first kappa shape index (κ1) is 65.1. The molecular formula is C60H32BF24NO2. The number of Topliss-reactive ketones (excluding diaryl/α,β-unsaturated/α-hetero) is 1. The standard InChI is InChI=1S/C32H12BF24.C28H20NO2/c34-25(35,36)13-1-14(26(37,38)39)6-21(5-13)33(22-7-15(27(40,41)42)2-16(8-22)28(43,44)45,23-9-17(29(46,47)48)3-18(10-23)30(49,50)51)24-11-19(31(52,53)54)4-20(12-24)32(55,56)57;30-27(22-11-2-1-3-12-22)19-29-25-16-7-5-10-21(25)17-18-26(29)28(31)24-15-8-13-20-9-4-6-14-23(20)24/h1-12H;1-18H,19H2/q-1;+1. The van der Waals surface area contributed by atoms with Crippen LogP contribution in [-0.4, -0.2) is 17.7 Å². The van der Waals surface area contributed by atoms with E-state index in [0.717, 1.165) is 21.7 Å². The summed E-state index contributed by atoms with van der Waals surface area (Å²) < 4.78 is 343. The van der Waals surface area contributed by atoms with Crippen LogP contribution in [0, 0.1) is 0 Å². The molecule has 460 valence electrons. The molecule has 28 heteroatoms. The van der Waals surface area contributed by atoms with Crippen LogP contribution in [0.3, 0.4) is 0 Å². The molecule has 0 aliphatic heterocycles. The molecule has 0 aliphatic rings. The third-order valence-corrected chi connectivity index (χ3v) is 14.0. The first-order valence-electron chi connectivity index (χ1n) is 24.9. The van der Waals surface area contributed by atoms with Crippen molar-refractivity contribution < 1.29 is 120 Å². The minimum atomic E-state index is -6.13. The van der Waals surface area contributed by atoms with Gasteiger partial charge < -0.3 is 0 Å². The van der Waals surface area contributed by atoms with Crippen LogP contribution in [0.15, 0.2) is 182 Å². The highest BCUT2D eigenvalue weighted by atomic mass is 19.4. The Morgan fingerprint density at radius 2 is 0.625 bits per heavy atom. The van der Waals surface area contributed by atoms with Crippen molar-refractivity contribution in [2.24, 2.45) is 0 Å². The molecule has 3 nitrogen and oxygen atoms in total. The van der Waals surface area contributed by atoms with Crippen LogP contribution in [0.4, 0.5) is 105 Å². The molecule has 0 aliphatic carbocycles. The van der Waals surface area contributed by atoms with Gasteiger partial charge in [-0.2, -0.15) is 132 Å². The molecule has 1 aromatic heterocycles. The minimum absolute atomic E-state index is 0.0334. The lowest BCUT2D eigenvalue weighted by atomic mass is 9.12. The monoisotopic (exact) mass is 1270 g/mol. The Hall–Kier alpha value is -8.85. The third kappa shape index (κ3) is 13.8. The van der Waals surface area contributed by atoms with Gasteiger partial charge in [0.25, 0.3) is 11.5 Å². The number of nitrogens with zero attached hydrogens (tertiary/aromatic N) is 1. The normalized spacial score (nSPS) is 13.1. The second-order valence-corrected chi connectivity index (χ2v) is 19.7. The summed E-state index contributed by atoms with van der Waals surface area (Å²) in [6.45, 7) is 0.0945. The van der Waals surface area contributed by atoms with Gasteiger partial charge in [0.05, 0.1) is 44.5 Å². The number of hydrogen-bond donors (Lipinski definition) is 0. The number of ketones is 2. The molecule has 0 fully saturated rings. The topological polar surface area (TPSA) is 38.0 Å². The molecule has 0 amide bonds. The molecule has 8 aromatic carbocycles. The Balaban J connectivity index is 0.000000269. The van der Waals surface area contributed by atoms with Crippen molar-refractivity contribution in [1.29, 1.82) is 0 Å². The van der Waals surface area contributed by atoms with Crippen molar-refractivity contribution in [3.05, 3.63) is 243 Å². The van der Waals surface area contributed by atoms with E-state index in [9.17, 15) is 115 Å². The van der Waals surface area contributed by atoms with Crippen molar-refractivity contribution in [2.75, 3.05) is 0 Å². The summed E-state index contributed by atoms with van der Waals surface area (Å²) in [5, 5.41) is 2.91. The maximum Gasteiger partial charge on any atom is 0.416 e. The molecule has 0 unspecified atom stereocenters. The van der Waals surface area contributed by atoms with Gasteiger partial charge in [-0.1, -0.05) is 133 Å². The molecule has 0 radical (unpaired) electrons.